The molecular formula is C16H18O2SSi. The number of benzene rings is 2. The lowest BCUT2D eigenvalue weighted by atomic mass is 10.0. The molecule has 0 radical (unpaired) electrons. The Bertz CT molecular complexity index is 820. The largest absolute Gasteiger partial charge is 0.231 e. The first kappa shape index (κ1) is 13.6. The lowest BCUT2D eigenvalue weighted by molar-refractivity contribution is 0.607. The molecule has 2 nitrogen and oxygen atoms in total. The first-order valence-electron chi connectivity index (χ1n) is 6.72. The van der Waals surface area contributed by atoms with Crippen molar-refractivity contribution in [2.75, 3.05) is 0 Å². The summed E-state index contributed by atoms with van der Waals surface area (Å²) in [7, 11) is -5.81. The van der Waals surface area contributed by atoms with E-state index in [1.165, 1.54) is 0 Å². The quantitative estimate of drug-likeness (QED) is 0.701. The van der Waals surface area contributed by atoms with Gasteiger partial charge in [0.25, 0.3) is 0 Å². The van der Waals surface area contributed by atoms with Crippen LogP contribution in [0, 0.1) is 13.8 Å². The van der Waals surface area contributed by atoms with Gasteiger partial charge < -0.3 is 0 Å². The molecule has 4 heteroatoms. The van der Waals surface area contributed by atoms with Gasteiger partial charge in [0.2, 0.25) is 7.22 Å². The highest BCUT2D eigenvalue weighted by atomic mass is 32.4. The van der Waals surface area contributed by atoms with E-state index in [1.54, 1.807) is 0 Å². The van der Waals surface area contributed by atoms with Gasteiger partial charge in [0.05, 0.1) is 4.90 Å². The Labute approximate surface area is 121 Å². The Hall–Kier alpha value is -1.39. The third-order valence-corrected chi connectivity index (χ3v) is 13.5. The Morgan fingerprint density at radius 2 is 1.40 bits per heavy atom. The Morgan fingerprint density at radius 1 is 0.850 bits per heavy atom. The van der Waals surface area contributed by atoms with Crippen molar-refractivity contribution in [3.63, 3.8) is 0 Å². The van der Waals surface area contributed by atoms with Crippen LogP contribution in [0.5, 0.6) is 0 Å². The molecule has 1 aliphatic heterocycles. The van der Waals surface area contributed by atoms with Gasteiger partial charge in [-0.1, -0.05) is 49.0 Å². The SMILES string of the molecule is Cc1ccc2c(c1)[Si](C)(C)S(=O)(=O)c1cc(C)ccc1-2. The normalized spacial score (nSPS) is 18.2. The van der Waals surface area contributed by atoms with Crippen LogP contribution in [0.1, 0.15) is 11.1 Å². The number of aryl methyl sites for hydroxylation is 2. The van der Waals surface area contributed by atoms with Crippen molar-refractivity contribution >= 4 is 21.7 Å². The second-order valence-corrected chi connectivity index (χ2v) is 15.7. The van der Waals surface area contributed by atoms with E-state index in [-0.39, 0.29) is 0 Å². The van der Waals surface area contributed by atoms with E-state index in [0.29, 0.717) is 4.90 Å². The van der Waals surface area contributed by atoms with E-state index >= 15 is 0 Å². The van der Waals surface area contributed by atoms with Crippen LogP contribution in [0.2, 0.25) is 13.1 Å². The van der Waals surface area contributed by atoms with Gasteiger partial charge in [-0.2, -0.15) is 0 Å². The van der Waals surface area contributed by atoms with E-state index in [2.05, 4.69) is 18.2 Å². The maximum Gasteiger partial charge on any atom is 0.226 e. The highest BCUT2D eigenvalue weighted by Crippen LogP contribution is 2.38. The molecule has 0 saturated heterocycles. The fraction of sp³-hybridized carbons (Fsp3) is 0.250. The molecule has 0 aliphatic carbocycles. The second-order valence-electron chi connectivity index (χ2n) is 6.06. The number of hydrogen-bond donors (Lipinski definition) is 0. The fourth-order valence-electron chi connectivity index (χ4n) is 2.89. The van der Waals surface area contributed by atoms with Crippen LogP contribution < -0.4 is 5.19 Å². The standard InChI is InChI=1S/C16H18O2SSi/c1-11-5-7-13-14-8-6-12(2)10-16(14)20(3,4)19(17,18)15(13)9-11/h5-10H,1-4H3. The lowest BCUT2D eigenvalue weighted by Gasteiger charge is -2.32. The molecule has 0 amide bonds. The van der Waals surface area contributed by atoms with Gasteiger partial charge >= 0.3 is 0 Å². The number of fused-ring (bicyclic) bond motifs is 3. The Morgan fingerprint density at radius 3 is 2.05 bits per heavy atom. The average Bonchev–Trinajstić information content (AvgIpc) is 2.37. The van der Waals surface area contributed by atoms with Gasteiger partial charge in [0.1, 0.15) is 0 Å². The van der Waals surface area contributed by atoms with Crippen LogP contribution in [0.3, 0.4) is 0 Å². The molecule has 3 rings (SSSR count). The van der Waals surface area contributed by atoms with Crippen molar-refractivity contribution in [1.82, 2.24) is 0 Å². The third-order valence-electron chi connectivity index (χ3n) is 4.21. The van der Waals surface area contributed by atoms with Crippen LogP contribution in [-0.2, 0) is 9.29 Å². The first-order chi connectivity index (χ1) is 9.25. The summed E-state index contributed by atoms with van der Waals surface area (Å²) in [6.45, 7) is 7.83. The molecule has 0 bridgehead atoms. The summed E-state index contributed by atoms with van der Waals surface area (Å²) in [5.74, 6) is 0. The second kappa shape index (κ2) is 4.05. The maximum absolute atomic E-state index is 13.0. The van der Waals surface area contributed by atoms with Crippen LogP contribution in [0.4, 0.5) is 0 Å². The van der Waals surface area contributed by atoms with E-state index in [4.69, 9.17) is 0 Å². The number of hydrogen-bond acceptors (Lipinski definition) is 2. The minimum Gasteiger partial charge on any atom is -0.231 e. The summed E-state index contributed by atoms with van der Waals surface area (Å²) in [4.78, 5) is 0.519. The Kier molecular flexibility index (Phi) is 2.75. The zero-order chi connectivity index (χ0) is 14.7. The van der Waals surface area contributed by atoms with Gasteiger partial charge in [-0.25, -0.2) is 8.42 Å². The number of rotatable bonds is 0. The van der Waals surface area contributed by atoms with Crippen molar-refractivity contribution < 1.29 is 8.42 Å². The molecule has 0 fully saturated rings. The van der Waals surface area contributed by atoms with E-state index < -0.39 is 16.5 Å². The van der Waals surface area contributed by atoms with Crippen molar-refractivity contribution in [2.24, 2.45) is 0 Å². The zero-order valence-electron chi connectivity index (χ0n) is 12.2. The molecule has 20 heavy (non-hydrogen) atoms. The highest BCUT2D eigenvalue weighted by Gasteiger charge is 2.46. The molecule has 0 saturated carbocycles. The summed E-state index contributed by atoms with van der Waals surface area (Å²) in [6, 6.07) is 11.9. The molecule has 2 aromatic carbocycles. The molecular weight excluding hydrogens is 284 g/mol. The molecule has 0 unspecified atom stereocenters. The van der Waals surface area contributed by atoms with Gasteiger partial charge in [-0.3, -0.25) is 0 Å². The summed E-state index contributed by atoms with van der Waals surface area (Å²) in [5, 5.41) is 1.04. The highest BCUT2D eigenvalue weighted by molar-refractivity contribution is 8.23. The van der Waals surface area contributed by atoms with Gasteiger partial charge in [-0.05, 0) is 41.8 Å². The minimum absolute atomic E-state index is 0.519. The smallest absolute Gasteiger partial charge is 0.226 e. The summed E-state index contributed by atoms with van der Waals surface area (Å²) in [6.07, 6.45) is 0. The monoisotopic (exact) mass is 302 g/mol. The predicted molar refractivity (Wildman–Crippen MR) is 85.7 cm³/mol. The molecule has 2 aromatic rings. The van der Waals surface area contributed by atoms with Crippen molar-refractivity contribution in [3.05, 3.63) is 47.5 Å². The van der Waals surface area contributed by atoms with Gasteiger partial charge in [0, 0.05) is 0 Å². The van der Waals surface area contributed by atoms with Crippen LogP contribution in [0.15, 0.2) is 41.3 Å². The molecule has 0 spiro atoms. The molecule has 0 atom stereocenters. The van der Waals surface area contributed by atoms with Crippen LogP contribution in [0.25, 0.3) is 11.1 Å². The summed E-state index contributed by atoms with van der Waals surface area (Å²) >= 11 is 0. The molecule has 1 heterocycles. The van der Waals surface area contributed by atoms with Crippen molar-refractivity contribution in [3.8, 4) is 11.1 Å². The van der Waals surface area contributed by atoms with Crippen LogP contribution >= 0.6 is 0 Å². The topological polar surface area (TPSA) is 34.1 Å². The van der Waals surface area contributed by atoms with Crippen molar-refractivity contribution in [1.29, 1.82) is 0 Å². The molecule has 0 N–H and O–H groups in total. The van der Waals surface area contributed by atoms with Crippen molar-refractivity contribution in [2.45, 2.75) is 31.8 Å². The lowest BCUT2D eigenvalue weighted by Crippen LogP contribution is -2.53. The maximum atomic E-state index is 13.0. The summed E-state index contributed by atoms with van der Waals surface area (Å²) in [5.41, 5.74) is 4.07. The molecule has 1 aliphatic rings. The minimum atomic E-state index is -3.23. The zero-order valence-corrected chi connectivity index (χ0v) is 14.0. The first-order valence-corrected chi connectivity index (χ1v) is 11.9. The molecule has 0 aromatic heterocycles. The average molecular weight is 302 g/mol. The van der Waals surface area contributed by atoms with Crippen LogP contribution in [-0.4, -0.2) is 15.6 Å². The van der Waals surface area contributed by atoms with E-state index in [0.717, 1.165) is 27.4 Å². The van der Waals surface area contributed by atoms with Gasteiger partial charge in [-0.15, -0.1) is 0 Å². The fourth-order valence-corrected chi connectivity index (χ4v) is 9.51. The van der Waals surface area contributed by atoms with E-state index in [9.17, 15) is 8.42 Å². The molecule has 104 valence electrons. The predicted octanol–water partition coefficient (Wildman–Crippen LogP) is 3.17. The van der Waals surface area contributed by atoms with E-state index in [1.807, 2.05) is 45.1 Å². The van der Waals surface area contributed by atoms with Gasteiger partial charge in [0.15, 0.2) is 9.29 Å². The third kappa shape index (κ3) is 1.64. The Balaban J connectivity index is 2.50. The summed E-state index contributed by atoms with van der Waals surface area (Å²) < 4.78 is 26.0.